The summed E-state index contributed by atoms with van der Waals surface area (Å²) in [6, 6.07) is 1.30. The van der Waals surface area contributed by atoms with E-state index in [9.17, 15) is 13.2 Å². The first-order chi connectivity index (χ1) is 9.32. The monoisotopic (exact) mass is 317 g/mol. The average molecular weight is 317 g/mol. The zero-order valence-corrected chi connectivity index (χ0v) is 12.4. The highest BCUT2D eigenvalue weighted by Gasteiger charge is 2.33. The van der Waals surface area contributed by atoms with Gasteiger partial charge in [0, 0.05) is 30.5 Å². The molecular formula is C11H15N3O4S2. The van der Waals surface area contributed by atoms with Gasteiger partial charge in [-0.05, 0) is 6.07 Å². The van der Waals surface area contributed by atoms with E-state index in [1.165, 1.54) is 24.0 Å². The van der Waals surface area contributed by atoms with Gasteiger partial charge in [-0.3, -0.25) is 0 Å². The van der Waals surface area contributed by atoms with Crippen molar-refractivity contribution in [2.75, 3.05) is 34.9 Å². The van der Waals surface area contributed by atoms with Crippen molar-refractivity contribution in [3.05, 3.63) is 17.8 Å². The van der Waals surface area contributed by atoms with E-state index in [1.54, 1.807) is 4.90 Å². The van der Waals surface area contributed by atoms with Crippen molar-refractivity contribution in [2.45, 2.75) is 5.37 Å². The molecule has 0 spiro atoms. The number of aromatic nitrogens is 1. The first-order valence-electron chi connectivity index (χ1n) is 5.83. The smallest absolute Gasteiger partial charge is 0.337 e. The summed E-state index contributed by atoms with van der Waals surface area (Å²) in [4.78, 5) is 16.7. The van der Waals surface area contributed by atoms with Crippen molar-refractivity contribution in [3.8, 4) is 0 Å². The van der Waals surface area contributed by atoms with Gasteiger partial charge in [0.2, 0.25) is 0 Å². The number of anilines is 2. The van der Waals surface area contributed by atoms with Crippen LogP contribution in [0.1, 0.15) is 10.4 Å². The number of carboxylic acid groups (broad SMARTS) is 1. The normalized spacial score (nSPS) is 19.9. The van der Waals surface area contributed by atoms with E-state index in [2.05, 4.69) is 4.98 Å². The Labute approximate surface area is 121 Å². The van der Waals surface area contributed by atoms with Crippen molar-refractivity contribution < 1.29 is 18.3 Å². The van der Waals surface area contributed by atoms with Crippen LogP contribution in [0, 0.1) is 0 Å². The lowest BCUT2D eigenvalue weighted by Crippen LogP contribution is -2.47. The van der Waals surface area contributed by atoms with Crippen molar-refractivity contribution in [1.29, 1.82) is 0 Å². The van der Waals surface area contributed by atoms with Gasteiger partial charge < -0.3 is 15.7 Å². The Morgan fingerprint density at radius 1 is 1.60 bits per heavy atom. The van der Waals surface area contributed by atoms with Crippen LogP contribution in [0.5, 0.6) is 0 Å². The molecule has 110 valence electrons. The molecule has 1 aliphatic heterocycles. The van der Waals surface area contributed by atoms with E-state index < -0.39 is 21.2 Å². The van der Waals surface area contributed by atoms with Crippen LogP contribution < -0.4 is 10.6 Å². The average Bonchev–Trinajstić information content (AvgIpc) is 2.37. The maximum absolute atomic E-state index is 11.9. The minimum Gasteiger partial charge on any atom is -0.478 e. The highest BCUT2D eigenvalue weighted by Crippen LogP contribution is 2.30. The number of pyridine rings is 1. The number of sulfone groups is 1. The molecular weight excluding hydrogens is 302 g/mol. The van der Waals surface area contributed by atoms with Crippen LogP contribution >= 0.6 is 11.8 Å². The number of carbonyl (C=O) groups is 1. The first kappa shape index (κ1) is 14.9. The lowest BCUT2D eigenvalue weighted by molar-refractivity contribution is 0.0698. The predicted octanol–water partition coefficient (Wildman–Crippen LogP) is 0.286. The van der Waals surface area contributed by atoms with Crippen LogP contribution in [0.4, 0.5) is 11.5 Å². The largest absolute Gasteiger partial charge is 0.478 e. The quantitative estimate of drug-likeness (QED) is 0.817. The molecule has 1 fully saturated rings. The molecule has 1 atom stereocenters. The molecule has 1 saturated heterocycles. The van der Waals surface area contributed by atoms with E-state index in [4.69, 9.17) is 10.8 Å². The fourth-order valence-electron chi connectivity index (χ4n) is 2.06. The number of carboxylic acids is 1. The number of aromatic carboxylic acids is 1. The van der Waals surface area contributed by atoms with Crippen LogP contribution in [0.15, 0.2) is 12.3 Å². The Kier molecular flexibility index (Phi) is 4.09. The number of hydrogen-bond acceptors (Lipinski definition) is 7. The fourth-order valence-corrected chi connectivity index (χ4v) is 4.87. The Balaban J connectivity index is 2.48. The van der Waals surface area contributed by atoms with Gasteiger partial charge in [0.25, 0.3) is 0 Å². The molecule has 0 saturated carbocycles. The highest BCUT2D eigenvalue weighted by atomic mass is 32.2. The van der Waals surface area contributed by atoms with Crippen molar-refractivity contribution in [1.82, 2.24) is 4.98 Å². The number of rotatable bonds is 3. The van der Waals surface area contributed by atoms with Gasteiger partial charge in [-0.15, -0.1) is 0 Å². The summed E-state index contributed by atoms with van der Waals surface area (Å²) in [7, 11) is -3.31. The molecule has 0 bridgehead atoms. The van der Waals surface area contributed by atoms with Crippen molar-refractivity contribution in [2.24, 2.45) is 0 Å². The summed E-state index contributed by atoms with van der Waals surface area (Å²) < 4.78 is 23.7. The van der Waals surface area contributed by atoms with E-state index >= 15 is 0 Å². The van der Waals surface area contributed by atoms with Gasteiger partial charge in [0.05, 0.1) is 11.3 Å². The summed E-state index contributed by atoms with van der Waals surface area (Å²) in [6.45, 7) is 0.461. The molecule has 9 heteroatoms. The number of hydrogen-bond donors (Lipinski definition) is 2. The lowest BCUT2D eigenvalue weighted by atomic mass is 10.2. The topological polar surface area (TPSA) is 114 Å². The third kappa shape index (κ3) is 2.83. The Hall–Kier alpha value is -1.48. The summed E-state index contributed by atoms with van der Waals surface area (Å²) in [5.74, 6) is 0.218. The third-order valence-corrected chi connectivity index (χ3v) is 5.69. The molecule has 1 aromatic rings. The second kappa shape index (κ2) is 5.49. The molecule has 2 heterocycles. The third-order valence-electron chi connectivity index (χ3n) is 3.05. The standard InChI is InChI=1S/C11H15N3O4S2/c1-20(17,18)8-6-19-5-4-14(8)10-9(12)7(11(15)16)2-3-13-10/h2-3,8H,4-6,12H2,1H3,(H,15,16). The van der Waals surface area contributed by atoms with Gasteiger partial charge in [-0.2, -0.15) is 11.8 Å². The maximum Gasteiger partial charge on any atom is 0.337 e. The number of nitrogens with zero attached hydrogens (tertiary/aromatic N) is 2. The second-order valence-electron chi connectivity index (χ2n) is 4.45. The molecule has 2 rings (SSSR count). The molecule has 1 aliphatic rings. The number of nitrogen functional groups attached to an aromatic ring is 1. The zero-order chi connectivity index (χ0) is 14.9. The molecule has 1 unspecified atom stereocenters. The SMILES string of the molecule is CS(=O)(=O)C1CSCCN1c1nccc(C(=O)O)c1N. The van der Waals surface area contributed by atoms with Gasteiger partial charge in [-0.1, -0.05) is 0 Å². The van der Waals surface area contributed by atoms with Gasteiger partial charge in [0.1, 0.15) is 5.37 Å². The molecule has 1 aromatic heterocycles. The number of thioether (sulfide) groups is 1. The highest BCUT2D eigenvalue weighted by molar-refractivity contribution is 8.01. The molecule has 0 amide bonds. The second-order valence-corrected chi connectivity index (χ2v) is 7.81. The molecule has 20 heavy (non-hydrogen) atoms. The minimum atomic E-state index is -3.31. The van der Waals surface area contributed by atoms with Crippen LogP contribution in [0.2, 0.25) is 0 Å². The van der Waals surface area contributed by atoms with Crippen molar-refractivity contribution in [3.63, 3.8) is 0 Å². The van der Waals surface area contributed by atoms with E-state index in [0.717, 1.165) is 12.0 Å². The molecule has 3 N–H and O–H groups in total. The predicted molar refractivity (Wildman–Crippen MR) is 78.9 cm³/mol. The summed E-state index contributed by atoms with van der Waals surface area (Å²) >= 11 is 1.54. The van der Waals surface area contributed by atoms with Crippen LogP contribution in [-0.2, 0) is 9.84 Å². The first-order valence-corrected chi connectivity index (χ1v) is 8.94. The van der Waals surface area contributed by atoms with E-state index in [0.29, 0.717) is 12.3 Å². The summed E-state index contributed by atoms with van der Waals surface area (Å²) in [5.41, 5.74) is 5.77. The molecule has 7 nitrogen and oxygen atoms in total. The number of nitrogens with two attached hydrogens (primary N) is 1. The lowest BCUT2D eigenvalue weighted by Gasteiger charge is -2.35. The molecule has 0 aromatic carbocycles. The van der Waals surface area contributed by atoms with Gasteiger partial charge >= 0.3 is 5.97 Å². The summed E-state index contributed by atoms with van der Waals surface area (Å²) in [5, 5.41) is 8.33. The van der Waals surface area contributed by atoms with E-state index in [1.807, 2.05) is 0 Å². The molecule has 0 radical (unpaired) electrons. The van der Waals surface area contributed by atoms with Crippen LogP contribution in [0.3, 0.4) is 0 Å². The maximum atomic E-state index is 11.9. The van der Waals surface area contributed by atoms with Crippen molar-refractivity contribution >= 4 is 39.1 Å². The Bertz CT molecular complexity index is 633. The molecule has 0 aliphatic carbocycles. The van der Waals surface area contributed by atoms with Gasteiger partial charge in [-0.25, -0.2) is 18.2 Å². The Morgan fingerprint density at radius 2 is 2.30 bits per heavy atom. The Morgan fingerprint density at radius 3 is 2.90 bits per heavy atom. The summed E-state index contributed by atoms with van der Waals surface area (Å²) in [6.07, 6.45) is 2.49. The van der Waals surface area contributed by atoms with E-state index in [-0.39, 0.29) is 17.1 Å². The van der Waals surface area contributed by atoms with Gasteiger partial charge in [0.15, 0.2) is 15.7 Å². The fraction of sp³-hybridized carbons (Fsp3) is 0.455. The minimum absolute atomic E-state index is 0.000509. The zero-order valence-electron chi connectivity index (χ0n) is 10.8. The van der Waals surface area contributed by atoms with Crippen LogP contribution in [0.25, 0.3) is 0 Å². The van der Waals surface area contributed by atoms with Crippen LogP contribution in [-0.4, -0.2) is 54.2 Å².